The van der Waals surface area contributed by atoms with Crippen LogP contribution in [0.1, 0.15) is 39.5 Å². The van der Waals surface area contributed by atoms with Gasteiger partial charge in [0.2, 0.25) is 0 Å². The number of aromatic nitrogens is 2. The molecule has 0 bridgehead atoms. The van der Waals surface area contributed by atoms with Crippen molar-refractivity contribution in [2.75, 3.05) is 7.11 Å². The summed E-state index contributed by atoms with van der Waals surface area (Å²) in [5, 5.41) is 4.76. The van der Waals surface area contributed by atoms with E-state index in [2.05, 4.69) is 29.1 Å². The van der Waals surface area contributed by atoms with Crippen LogP contribution >= 0.6 is 11.8 Å². The van der Waals surface area contributed by atoms with Crippen LogP contribution in [-0.4, -0.2) is 39.9 Å². The van der Waals surface area contributed by atoms with E-state index in [0.29, 0.717) is 5.25 Å². The van der Waals surface area contributed by atoms with Crippen molar-refractivity contribution in [3.63, 3.8) is 0 Å². The van der Waals surface area contributed by atoms with E-state index in [1.54, 1.807) is 24.3 Å². The number of rotatable bonds is 5. The molecule has 0 saturated heterocycles. The minimum Gasteiger partial charge on any atom is -0.468 e. The third-order valence-electron chi connectivity index (χ3n) is 3.69. The number of hydrogen-bond acceptors (Lipinski definition) is 6. The quantitative estimate of drug-likeness (QED) is 0.666. The van der Waals surface area contributed by atoms with E-state index >= 15 is 0 Å². The molecule has 2 unspecified atom stereocenters. The van der Waals surface area contributed by atoms with Crippen molar-refractivity contribution in [2.24, 2.45) is 0 Å². The predicted molar refractivity (Wildman–Crippen MR) is 83.2 cm³/mol. The van der Waals surface area contributed by atoms with E-state index in [1.807, 2.05) is 6.07 Å². The summed E-state index contributed by atoms with van der Waals surface area (Å²) in [4.78, 5) is 20.5. The first-order chi connectivity index (χ1) is 10.1. The van der Waals surface area contributed by atoms with Crippen LogP contribution in [0.2, 0.25) is 0 Å². The lowest BCUT2D eigenvalue weighted by atomic mass is 9.81. The molecular weight excluding hydrogens is 286 g/mol. The van der Waals surface area contributed by atoms with Gasteiger partial charge < -0.3 is 4.74 Å². The molecule has 2 atom stereocenters. The molecule has 1 aliphatic carbocycles. The smallest absolute Gasteiger partial charge is 0.326 e. The molecule has 0 radical (unpaired) electrons. The van der Waals surface area contributed by atoms with Gasteiger partial charge in [-0.1, -0.05) is 0 Å². The zero-order chi connectivity index (χ0) is 15.3. The van der Waals surface area contributed by atoms with Crippen LogP contribution in [0.5, 0.6) is 0 Å². The number of nitrogens with zero attached hydrogens (tertiary/aromatic N) is 2. The molecule has 1 fully saturated rings. The highest BCUT2D eigenvalue weighted by Gasteiger charge is 2.44. The largest absolute Gasteiger partial charge is 0.468 e. The first-order valence-corrected chi connectivity index (χ1v) is 8.22. The fourth-order valence-corrected chi connectivity index (χ4v) is 4.21. The van der Waals surface area contributed by atoms with Crippen molar-refractivity contribution < 1.29 is 9.53 Å². The Morgan fingerprint density at radius 3 is 3.00 bits per heavy atom. The number of thioether (sulfide) groups is 1. The number of esters is 1. The molecule has 0 spiro atoms. The van der Waals surface area contributed by atoms with E-state index in [9.17, 15) is 4.79 Å². The van der Waals surface area contributed by atoms with Gasteiger partial charge in [0.05, 0.1) is 12.1 Å². The van der Waals surface area contributed by atoms with Crippen LogP contribution in [0.3, 0.4) is 0 Å². The molecule has 1 aliphatic rings. The number of hydrogen-bond donors (Lipinski definition) is 1. The topological polar surface area (TPSA) is 64.1 Å². The Balaban J connectivity index is 2.10. The van der Waals surface area contributed by atoms with Gasteiger partial charge in [0.25, 0.3) is 0 Å². The summed E-state index contributed by atoms with van der Waals surface area (Å²) in [6, 6.07) is 2.15. The molecule has 0 aliphatic heterocycles. The first kappa shape index (κ1) is 16.2. The van der Waals surface area contributed by atoms with Crippen LogP contribution in [-0.2, 0) is 9.53 Å². The molecule has 1 heterocycles. The number of carbonyl (C=O) groups excluding carboxylic acids is 1. The SMILES string of the molecule is COC(=O)C1(NC(C)C)CCCC(Sc2ccncn2)C1. The number of methoxy groups -OCH3 is 1. The minimum absolute atomic E-state index is 0.149. The lowest BCUT2D eigenvalue weighted by Gasteiger charge is -2.40. The fraction of sp³-hybridized carbons (Fsp3) is 0.667. The van der Waals surface area contributed by atoms with Crippen molar-refractivity contribution in [1.29, 1.82) is 0 Å². The molecule has 1 aromatic rings. The van der Waals surface area contributed by atoms with E-state index in [0.717, 1.165) is 30.7 Å². The molecule has 1 N–H and O–H groups in total. The van der Waals surface area contributed by atoms with E-state index in [4.69, 9.17) is 4.74 Å². The molecule has 1 saturated carbocycles. The second-order valence-electron chi connectivity index (χ2n) is 5.76. The summed E-state index contributed by atoms with van der Waals surface area (Å²) in [5.41, 5.74) is -0.564. The highest BCUT2D eigenvalue weighted by atomic mass is 32.2. The molecular formula is C15H23N3O2S. The van der Waals surface area contributed by atoms with Crippen molar-refractivity contribution in [1.82, 2.24) is 15.3 Å². The lowest BCUT2D eigenvalue weighted by Crippen LogP contribution is -2.58. The number of carbonyl (C=O) groups is 1. The third-order valence-corrected chi connectivity index (χ3v) is 4.91. The Morgan fingerprint density at radius 2 is 2.38 bits per heavy atom. The van der Waals surface area contributed by atoms with Crippen molar-refractivity contribution in [3.8, 4) is 0 Å². The Labute approximate surface area is 130 Å². The number of nitrogens with one attached hydrogen (secondary N) is 1. The van der Waals surface area contributed by atoms with Crippen molar-refractivity contribution >= 4 is 17.7 Å². The Morgan fingerprint density at radius 1 is 1.57 bits per heavy atom. The molecule has 6 heteroatoms. The van der Waals surface area contributed by atoms with Gasteiger partial charge in [-0.2, -0.15) is 0 Å². The first-order valence-electron chi connectivity index (χ1n) is 7.34. The fourth-order valence-electron chi connectivity index (χ4n) is 2.97. The maximum Gasteiger partial charge on any atom is 0.326 e. The van der Waals surface area contributed by atoms with Crippen LogP contribution in [0.25, 0.3) is 0 Å². The predicted octanol–water partition coefficient (Wildman–Crippen LogP) is 2.42. The molecule has 0 aromatic carbocycles. The van der Waals surface area contributed by atoms with Crippen LogP contribution in [0.15, 0.2) is 23.6 Å². The van der Waals surface area contributed by atoms with Gasteiger partial charge in [0.1, 0.15) is 11.9 Å². The summed E-state index contributed by atoms with van der Waals surface area (Å²) in [6.07, 6.45) is 7.01. The van der Waals surface area contributed by atoms with Gasteiger partial charge in [-0.15, -0.1) is 11.8 Å². The summed E-state index contributed by atoms with van der Waals surface area (Å²) < 4.78 is 5.06. The van der Waals surface area contributed by atoms with Crippen LogP contribution in [0.4, 0.5) is 0 Å². The summed E-state index contributed by atoms with van der Waals surface area (Å²) >= 11 is 1.72. The zero-order valence-electron chi connectivity index (χ0n) is 12.8. The highest BCUT2D eigenvalue weighted by Crippen LogP contribution is 2.38. The average molecular weight is 309 g/mol. The second kappa shape index (κ2) is 7.22. The molecule has 1 aromatic heterocycles. The minimum atomic E-state index is -0.564. The number of ether oxygens (including phenoxy) is 1. The second-order valence-corrected chi connectivity index (χ2v) is 7.08. The maximum atomic E-state index is 12.3. The van der Waals surface area contributed by atoms with Crippen LogP contribution in [0, 0.1) is 0 Å². The van der Waals surface area contributed by atoms with Gasteiger partial charge in [0, 0.05) is 17.5 Å². The van der Waals surface area contributed by atoms with E-state index in [-0.39, 0.29) is 12.0 Å². The standard InChI is InChI=1S/C15H23N3O2S/c1-11(2)18-15(14(19)20-3)7-4-5-12(9-15)21-13-6-8-16-10-17-13/h6,8,10-12,18H,4-5,7,9H2,1-3H3. The third kappa shape index (κ3) is 4.17. The molecule has 2 rings (SSSR count). The zero-order valence-corrected chi connectivity index (χ0v) is 13.7. The van der Waals surface area contributed by atoms with Crippen molar-refractivity contribution in [2.45, 2.75) is 61.4 Å². The Kier molecular flexibility index (Phi) is 5.58. The monoisotopic (exact) mass is 309 g/mol. The van der Waals surface area contributed by atoms with Crippen LogP contribution < -0.4 is 5.32 Å². The Hall–Kier alpha value is -1.14. The van der Waals surface area contributed by atoms with Gasteiger partial charge in [-0.05, 0) is 45.6 Å². The van der Waals surface area contributed by atoms with Gasteiger partial charge >= 0.3 is 5.97 Å². The van der Waals surface area contributed by atoms with Gasteiger partial charge in [0.15, 0.2) is 0 Å². The summed E-state index contributed by atoms with van der Waals surface area (Å²) in [5.74, 6) is -0.149. The normalized spacial score (nSPS) is 25.8. The summed E-state index contributed by atoms with van der Waals surface area (Å²) in [6.45, 7) is 4.12. The molecule has 21 heavy (non-hydrogen) atoms. The lowest BCUT2D eigenvalue weighted by molar-refractivity contribution is -0.150. The van der Waals surface area contributed by atoms with Crippen molar-refractivity contribution in [3.05, 3.63) is 18.6 Å². The maximum absolute atomic E-state index is 12.3. The molecule has 5 nitrogen and oxygen atoms in total. The average Bonchev–Trinajstić information content (AvgIpc) is 2.47. The van der Waals surface area contributed by atoms with E-state index in [1.165, 1.54) is 7.11 Å². The van der Waals surface area contributed by atoms with Gasteiger partial charge in [-0.3, -0.25) is 10.1 Å². The molecule has 0 amide bonds. The van der Waals surface area contributed by atoms with Gasteiger partial charge in [-0.25, -0.2) is 9.97 Å². The van der Waals surface area contributed by atoms with E-state index < -0.39 is 5.54 Å². The molecule has 116 valence electrons. The highest BCUT2D eigenvalue weighted by molar-refractivity contribution is 7.99. The Bertz CT molecular complexity index is 469. The summed E-state index contributed by atoms with van der Waals surface area (Å²) in [7, 11) is 1.47.